The third-order valence-electron chi connectivity index (χ3n) is 0.679. The molecule has 0 spiro atoms. The number of hydrogen-bond donors (Lipinski definition) is 0. The van der Waals surface area contributed by atoms with Gasteiger partial charge in [-0.05, 0) is 6.92 Å². The van der Waals surface area contributed by atoms with Crippen molar-refractivity contribution in [2.75, 3.05) is 20.7 Å². The molecule has 0 bridgehead atoms. The molecule has 0 saturated heterocycles. The lowest BCUT2D eigenvalue weighted by Crippen LogP contribution is -2.00. The third kappa shape index (κ3) is 3.22. The molecule has 3 nitrogen and oxygen atoms in total. The van der Waals surface area contributed by atoms with Crippen molar-refractivity contribution in [3.63, 3.8) is 0 Å². The summed E-state index contributed by atoms with van der Waals surface area (Å²) in [5.41, 5.74) is 0. The Morgan fingerprint density at radius 3 is 2.43 bits per heavy atom. The minimum atomic E-state index is 0.883. The van der Waals surface area contributed by atoms with Crippen LogP contribution in [0.3, 0.4) is 0 Å². The Balaban J connectivity index is 3.29. The Morgan fingerprint density at radius 1 is 1.71 bits per heavy atom. The average Bonchev–Trinajstić information content (AvgIpc) is 1.68. The summed E-state index contributed by atoms with van der Waals surface area (Å²) in [5, 5.41) is 3.58. The summed E-state index contributed by atoms with van der Waals surface area (Å²) >= 11 is 0. The van der Waals surface area contributed by atoms with Crippen LogP contribution in [0.2, 0.25) is 0 Å². The van der Waals surface area contributed by atoms with Gasteiger partial charge < -0.3 is 4.84 Å². The van der Waals surface area contributed by atoms with E-state index in [1.165, 1.54) is 7.11 Å². The van der Waals surface area contributed by atoms with E-state index in [-0.39, 0.29) is 0 Å². The molecule has 0 aliphatic rings. The Labute approximate surface area is 43.6 Å². The fourth-order valence-electron chi connectivity index (χ4n) is 0.197. The molecule has 0 aliphatic heterocycles. The smallest absolute Gasteiger partial charge is 0.186 e. The Bertz CT molecular complexity index is 70.1. The molecular weight excluding hydrogens is 92.1 g/mol. The van der Waals surface area contributed by atoms with E-state index in [9.17, 15) is 0 Å². The van der Waals surface area contributed by atoms with Crippen molar-refractivity contribution in [1.29, 1.82) is 0 Å². The average molecular weight is 103 g/mol. The maximum Gasteiger partial charge on any atom is 0.186 e. The van der Waals surface area contributed by atoms with Gasteiger partial charge in [-0.2, -0.15) is 0 Å². The van der Waals surface area contributed by atoms with E-state index >= 15 is 0 Å². The largest absolute Gasteiger partial charge is 0.351 e. The summed E-state index contributed by atoms with van der Waals surface area (Å²) < 4.78 is 1.71. The summed E-state index contributed by atoms with van der Waals surface area (Å²) in [6.07, 6.45) is 0. The molecule has 0 N–H and O–H groups in total. The molecule has 3 heteroatoms. The maximum absolute atomic E-state index is 4.45. The monoisotopic (exact) mass is 103 g/mol. The molecule has 42 valence electrons. The zero-order valence-electron chi connectivity index (χ0n) is 5.01. The lowest BCUT2D eigenvalue weighted by molar-refractivity contribution is -0.588. The van der Waals surface area contributed by atoms with Crippen LogP contribution in [0, 0.1) is 0 Å². The van der Waals surface area contributed by atoms with Crippen molar-refractivity contribution in [2.45, 2.75) is 6.92 Å². The van der Waals surface area contributed by atoms with Crippen LogP contribution >= 0.6 is 0 Å². The van der Waals surface area contributed by atoms with Crippen LogP contribution in [0.5, 0.6) is 0 Å². The molecule has 0 fully saturated rings. The number of nitrogens with zero attached hydrogens (tertiary/aromatic N) is 2. The van der Waals surface area contributed by atoms with Crippen molar-refractivity contribution in [2.24, 2.45) is 5.28 Å². The van der Waals surface area contributed by atoms with Gasteiger partial charge >= 0.3 is 0 Å². The molecule has 0 saturated carbocycles. The molecule has 0 aromatic rings. The van der Waals surface area contributed by atoms with Gasteiger partial charge in [0.15, 0.2) is 18.9 Å². The van der Waals surface area contributed by atoms with Gasteiger partial charge in [-0.15, -0.1) is 0 Å². The summed E-state index contributed by atoms with van der Waals surface area (Å²) in [6.45, 7) is 2.89. The van der Waals surface area contributed by atoms with Crippen LogP contribution in [0.25, 0.3) is 0 Å². The zero-order valence-corrected chi connectivity index (χ0v) is 5.01. The first-order valence-electron chi connectivity index (χ1n) is 2.26. The molecule has 7 heavy (non-hydrogen) atoms. The first kappa shape index (κ1) is 6.40. The molecule has 0 radical (unpaired) electrons. The van der Waals surface area contributed by atoms with Crippen LogP contribution in [-0.4, -0.2) is 25.4 Å². The molecule has 0 rings (SSSR count). The van der Waals surface area contributed by atoms with Crippen LogP contribution in [0.4, 0.5) is 0 Å². The number of hydrogen-bond acceptors (Lipinski definition) is 2. The van der Waals surface area contributed by atoms with Gasteiger partial charge in [-0.3, -0.25) is 0 Å². The molecule has 0 aromatic carbocycles. The van der Waals surface area contributed by atoms with E-state index in [4.69, 9.17) is 0 Å². The topological polar surface area (TPSA) is 24.6 Å². The van der Waals surface area contributed by atoms with Gasteiger partial charge in [-0.25, -0.2) is 0 Å². The summed E-state index contributed by atoms with van der Waals surface area (Å²) in [6, 6.07) is 0. The number of rotatable bonds is 2. The lowest BCUT2D eigenvalue weighted by Gasteiger charge is -1.82. The van der Waals surface area contributed by atoms with Crippen LogP contribution < -0.4 is 0 Å². The second kappa shape index (κ2) is 3.59. The van der Waals surface area contributed by atoms with Crippen molar-refractivity contribution in [3.05, 3.63) is 0 Å². The van der Waals surface area contributed by atoms with Gasteiger partial charge in [0, 0.05) is 0 Å². The summed E-state index contributed by atoms with van der Waals surface area (Å²) in [5.74, 6) is 0. The minimum absolute atomic E-state index is 0.883. The maximum atomic E-state index is 4.45. The fraction of sp³-hybridized carbons (Fsp3) is 1.00. The van der Waals surface area contributed by atoms with E-state index < -0.39 is 0 Å². The molecule has 0 heterocycles. The highest BCUT2D eigenvalue weighted by atomic mass is 16.6. The van der Waals surface area contributed by atoms with Gasteiger partial charge in [0.05, 0.1) is 0 Å². The fourth-order valence-corrected chi connectivity index (χ4v) is 0.197. The van der Waals surface area contributed by atoms with Gasteiger partial charge in [0.25, 0.3) is 0 Å². The van der Waals surface area contributed by atoms with Crippen molar-refractivity contribution in [3.8, 4) is 0 Å². The normalized spacial score (nSPS) is 11.6. The first-order valence-corrected chi connectivity index (χ1v) is 2.26. The first-order chi connectivity index (χ1) is 3.31. The van der Waals surface area contributed by atoms with Crippen LogP contribution in [0.15, 0.2) is 5.28 Å². The highest BCUT2D eigenvalue weighted by molar-refractivity contribution is 3.91. The Kier molecular flexibility index (Phi) is 3.28. The van der Waals surface area contributed by atoms with Gasteiger partial charge in [-0.1, -0.05) is 4.70 Å². The summed E-state index contributed by atoms with van der Waals surface area (Å²) in [4.78, 5) is 4.45. The van der Waals surface area contributed by atoms with Crippen molar-refractivity contribution in [1.82, 2.24) is 0 Å². The Morgan fingerprint density at radius 2 is 2.29 bits per heavy atom. The third-order valence-corrected chi connectivity index (χ3v) is 0.679. The standard InChI is InChI=1S/C4H11N2O/c1-4-6(2)5-7-3/h4H2,1-3H3/q+1. The van der Waals surface area contributed by atoms with E-state index in [1.54, 1.807) is 4.70 Å². The SMILES string of the molecule is CC[N+](C)=NOC. The Hall–Kier alpha value is -0.600. The molecule has 0 atom stereocenters. The van der Waals surface area contributed by atoms with Crippen LogP contribution in [0.1, 0.15) is 6.92 Å². The zero-order chi connectivity index (χ0) is 5.70. The van der Waals surface area contributed by atoms with E-state index in [1.807, 2.05) is 14.0 Å². The summed E-state index contributed by atoms with van der Waals surface area (Å²) in [7, 11) is 3.38. The molecule has 0 unspecified atom stereocenters. The molecular formula is C4H11N2O+. The second-order valence-corrected chi connectivity index (χ2v) is 1.24. The lowest BCUT2D eigenvalue weighted by atomic mass is 10.8. The van der Waals surface area contributed by atoms with E-state index in [0.717, 1.165) is 6.54 Å². The predicted molar refractivity (Wildman–Crippen MR) is 26.2 cm³/mol. The molecule has 0 aromatic heterocycles. The van der Waals surface area contributed by atoms with Gasteiger partial charge in [0.1, 0.15) is 7.11 Å². The van der Waals surface area contributed by atoms with Crippen LogP contribution in [-0.2, 0) is 4.84 Å². The highest BCUT2D eigenvalue weighted by Gasteiger charge is 1.85. The molecule has 0 aliphatic carbocycles. The van der Waals surface area contributed by atoms with Gasteiger partial charge in [0.2, 0.25) is 0 Å². The second-order valence-electron chi connectivity index (χ2n) is 1.24. The van der Waals surface area contributed by atoms with Crippen molar-refractivity contribution < 1.29 is 9.53 Å². The quantitative estimate of drug-likeness (QED) is 0.286. The van der Waals surface area contributed by atoms with E-state index in [0.29, 0.717) is 0 Å². The highest BCUT2D eigenvalue weighted by Crippen LogP contribution is 1.70. The minimum Gasteiger partial charge on any atom is -0.351 e. The predicted octanol–water partition coefficient (Wildman–Crippen LogP) is 0.662. The van der Waals surface area contributed by atoms with Crippen molar-refractivity contribution >= 4 is 0 Å². The van der Waals surface area contributed by atoms with E-state index in [2.05, 4.69) is 10.1 Å². The molecule has 0 amide bonds.